The van der Waals surface area contributed by atoms with E-state index in [1.165, 1.54) is 81.2 Å². The molecule has 7 heteroatoms. The molecule has 6 nitrogen and oxygen atoms in total. The van der Waals surface area contributed by atoms with Crippen molar-refractivity contribution in [3.8, 4) is 17.2 Å². The Bertz CT molecular complexity index is 1150. The Labute approximate surface area is 251 Å². The monoisotopic (exact) mass is 581 g/mol. The van der Waals surface area contributed by atoms with E-state index >= 15 is 0 Å². The van der Waals surface area contributed by atoms with Gasteiger partial charge in [0, 0.05) is 24.2 Å². The summed E-state index contributed by atoms with van der Waals surface area (Å²) in [6.07, 6.45) is 17.8. The molecule has 224 valence electrons. The number of ether oxygens (including phenoxy) is 3. The Morgan fingerprint density at radius 2 is 1.49 bits per heavy atom. The number of benzene rings is 2. The number of nitrogens with zero attached hydrogens (tertiary/aromatic N) is 1. The lowest BCUT2D eigenvalue weighted by Crippen LogP contribution is -2.34. The largest absolute Gasteiger partial charge is 0.493 e. The van der Waals surface area contributed by atoms with Gasteiger partial charge in [0.25, 0.3) is 5.91 Å². The maximum atomic E-state index is 12.5. The van der Waals surface area contributed by atoms with Gasteiger partial charge in [0.15, 0.2) is 30.8 Å². The molecule has 0 aliphatic heterocycles. The number of rotatable bonds is 21. The highest BCUT2D eigenvalue weighted by Gasteiger charge is 2.11. The molecule has 1 heterocycles. The molecule has 0 atom stereocenters. The molecule has 0 unspecified atom stereocenters. The van der Waals surface area contributed by atoms with Crippen LogP contribution in [0.5, 0.6) is 17.2 Å². The molecule has 3 aromatic rings. The molecule has 1 N–H and O–H groups in total. The summed E-state index contributed by atoms with van der Waals surface area (Å²) in [6.45, 7) is 5.74. The van der Waals surface area contributed by atoms with Crippen LogP contribution in [0.25, 0.3) is 0 Å². The quantitative estimate of drug-likeness (QED) is 0.101. The number of carbonyl (C=O) groups is 1. The van der Waals surface area contributed by atoms with Gasteiger partial charge < -0.3 is 19.5 Å². The van der Waals surface area contributed by atoms with Crippen LogP contribution >= 0.6 is 11.3 Å². The summed E-state index contributed by atoms with van der Waals surface area (Å²) in [4.78, 5) is 12.5. The second kappa shape index (κ2) is 19.1. The van der Waals surface area contributed by atoms with Gasteiger partial charge in [-0.05, 0) is 30.7 Å². The average Bonchev–Trinajstić information content (AvgIpc) is 3.39. The predicted octanol–water partition coefficient (Wildman–Crippen LogP) is 8.50. The van der Waals surface area contributed by atoms with Crippen LogP contribution in [-0.4, -0.2) is 26.2 Å². The molecule has 2 aromatic carbocycles. The zero-order chi connectivity index (χ0) is 29.1. The lowest BCUT2D eigenvalue weighted by atomic mass is 10.1. The number of aromatic nitrogens is 1. The van der Waals surface area contributed by atoms with E-state index in [4.69, 9.17) is 14.2 Å². The lowest BCUT2D eigenvalue weighted by Gasteiger charge is -2.13. The first kappa shape index (κ1) is 32.5. The van der Waals surface area contributed by atoms with Crippen molar-refractivity contribution in [1.82, 2.24) is 0 Å². The Hall–Kier alpha value is -3.06. The normalized spacial score (nSPS) is 10.9. The molecule has 0 saturated heterocycles. The maximum absolute atomic E-state index is 12.5. The third-order valence-corrected chi connectivity index (χ3v) is 8.07. The fraction of sp³-hybridized carbons (Fsp3) is 0.529. The fourth-order valence-corrected chi connectivity index (χ4v) is 5.43. The molecule has 0 radical (unpaired) electrons. The van der Waals surface area contributed by atoms with E-state index in [9.17, 15) is 4.79 Å². The van der Waals surface area contributed by atoms with E-state index in [1.807, 2.05) is 30.3 Å². The molecule has 1 aromatic heterocycles. The van der Waals surface area contributed by atoms with Crippen molar-refractivity contribution in [2.24, 2.45) is 0 Å². The molecule has 0 aliphatic rings. The number of methoxy groups -OCH3 is 1. The minimum atomic E-state index is -0.212. The molecule has 0 spiro atoms. The second-order valence-electron chi connectivity index (χ2n) is 10.6. The highest BCUT2D eigenvalue weighted by molar-refractivity contribution is 7.09. The summed E-state index contributed by atoms with van der Waals surface area (Å²) in [7, 11) is 1.63. The smallest absolute Gasteiger partial charge is 0.262 e. The van der Waals surface area contributed by atoms with Crippen molar-refractivity contribution < 1.29 is 23.6 Å². The highest BCUT2D eigenvalue weighted by Crippen LogP contribution is 2.31. The molecule has 1 amide bonds. The van der Waals surface area contributed by atoms with Gasteiger partial charge in [-0.1, -0.05) is 101 Å². The van der Waals surface area contributed by atoms with Crippen LogP contribution in [0.3, 0.4) is 0 Å². The molecular weight excluding hydrogens is 532 g/mol. The number of hydrogen-bond donors (Lipinski definition) is 1. The summed E-state index contributed by atoms with van der Waals surface area (Å²) < 4.78 is 19.4. The third kappa shape index (κ3) is 12.6. The predicted molar refractivity (Wildman–Crippen MR) is 168 cm³/mol. The van der Waals surface area contributed by atoms with Gasteiger partial charge >= 0.3 is 0 Å². The van der Waals surface area contributed by atoms with Crippen LogP contribution in [0.4, 0.5) is 5.69 Å². The van der Waals surface area contributed by atoms with E-state index in [2.05, 4.69) is 35.3 Å². The molecule has 0 bridgehead atoms. The number of unbranched alkanes of at least 4 members (excludes halogenated alkanes) is 11. The van der Waals surface area contributed by atoms with Gasteiger partial charge in [-0.25, -0.2) is 0 Å². The van der Waals surface area contributed by atoms with E-state index < -0.39 is 0 Å². The highest BCUT2D eigenvalue weighted by atomic mass is 32.1. The number of aryl methyl sites for hydroxylation is 1. The molecule has 41 heavy (non-hydrogen) atoms. The summed E-state index contributed by atoms with van der Waals surface area (Å²) in [5.41, 5.74) is 1.93. The standard InChI is InChI=1S/C34H48N2O4S/c1-4-5-6-7-8-9-10-11-12-13-14-15-23-39-33-25-31(20-21-32(33)38-3)40-27-34(37)35-30-18-16-29(17-19-30)26-36-22-24-41-28(36)2/h16-22,24-25H,4-15,23,26-27H2,1-3H3/p+1. The van der Waals surface area contributed by atoms with E-state index in [0.29, 0.717) is 23.9 Å². The first-order chi connectivity index (χ1) is 20.1. The SMILES string of the molecule is CCCCCCCCCCCCCCOc1cc(OCC(=O)Nc2ccc(C[n+]3ccsc3C)cc2)ccc1OC. The Kier molecular flexibility index (Phi) is 15.1. The van der Waals surface area contributed by atoms with E-state index in [0.717, 1.165) is 18.7 Å². The number of carbonyl (C=O) groups excluding carboxylic acids is 1. The van der Waals surface area contributed by atoms with Crippen LogP contribution in [0.2, 0.25) is 0 Å². The van der Waals surface area contributed by atoms with Gasteiger partial charge in [-0.15, -0.1) is 0 Å². The molecule has 0 fully saturated rings. The van der Waals surface area contributed by atoms with Crippen LogP contribution < -0.4 is 24.1 Å². The summed E-state index contributed by atoms with van der Waals surface area (Å²) in [5, 5.41) is 6.25. The number of thiazole rings is 1. The first-order valence-electron chi connectivity index (χ1n) is 15.3. The fourth-order valence-electron chi connectivity index (χ4n) is 4.76. The van der Waals surface area contributed by atoms with Crippen LogP contribution in [0, 0.1) is 6.92 Å². The number of anilines is 1. The van der Waals surface area contributed by atoms with Gasteiger partial charge in [0.2, 0.25) is 5.01 Å². The van der Waals surface area contributed by atoms with Gasteiger partial charge in [-0.2, -0.15) is 4.57 Å². The number of hydrogen-bond acceptors (Lipinski definition) is 5. The Balaban J connectivity index is 1.32. The van der Waals surface area contributed by atoms with Gasteiger partial charge in [0.1, 0.15) is 5.75 Å². The third-order valence-electron chi connectivity index (χ3n) is 7.23. The van der Waals surface area contributed by atoms with E-state index in [1.54, 1.807) is 30.6 Å². The van der Waals surface area contributed by atoms with E-state index in [-0.39, 0.29) is 12.5 Å². The number of amides is 1. The zero-order valence-corrected chi connectivity index (χ0v) is 26.1. The minimum Gasteiger partial charge on any atom is -0.493 e. The minimum absolute atomic E-state index is 0.0871. The molecule has 0 saturated carbocycles. The Morgan fingerprint density at radius 3 is 2.10 bits per heavy atom. The van der Waals surface area contributed by atoms with Gasteiger partial charge in [0.05, 0.1) is 19.1 Å². The molecular formula is C34H49N2O4S+. The lowest BCUT2D eigenvalue weighted by molar-refractivity contribution is -0.689. The summed E-state index contributed by atoms with van der Waals surface area (Å²) >= 11 is 1.73. The average molecular weight is 582 g/mol. The zero-order valence-electron chi connectivity index (χ0n) is 25.3. The van der Waals surface area contributed by atoms with Crippen LogP contribution in [-0.2, 0) is 11.3 Å². The van der Waals surface area contributed by atoms with Crippen molar-refractivity contribution in [2.75, 3.05) is 25.6 Å². The van der Waals surface area contributed by atoms with Crippen LogP contribution in [0.15, 0.2) is 54.0 Å². The number of nitrogens with one attached hydrogen (secondary N) is 1. The molecule has 3 rings (SSSR count). The van der Waals surface area contributed by atoms with Crippen molar-refractivity contribution in [3.63, 3.8) is 0 Å². The van der Waals surface area contributed by atoms with Crippen molar-refractivity contribution in [3.05, 3.63) is 64.6 Å². The van der Waals surface area contributed by atoms with Crippen LogP contribution in [0.1, 0.15) is 94.5 Å². The van der Waals surface area contributed by atoms with Crippen molar-refractivity contribution in [1.29, 1.82) is 0 Å². The first-order valence-corrected chi connectivity index (χ1v) is 16.2. The Morgan fingerprint density at radius 1 is 0.829 bits per heavy atom. The summed E-state index contributed by atoms with van der Waals surface area (Å²) in [5.74, 6) is 1.67. The van der Waals surface area contributed by atoms with Crippen molar-refractivity contribution >= 4 is 22.9 Å². The summed E-state index contributed by atoms with van der Waals surface area (Å²) in [6, 6.07) is 13.3. The molecule has 0 aliphatic carbocycles. The van der Waals surface area contributed by atoms with Gasteiger partial charge in [-0.3, -0.25) is 4.79 Å². The van der Waals surface area contributed by atoms with Crippen molar-refractivity contribution in [2.45, 2.75) is 97.4 Å². The topological polar surface area (TPSA) is 60.7 Å². The second-order valence-corrected chi connectivity index (χ2v) is 11.7. The maximum Gasteiger partial charge on any atom is 0.262 e.